The summed E-state index contributed by atoms with van der Waals surface area (Å²) in [4.78, 5) is 10.2. The molecule has 0 saturated heterocycles. The van der Waals surface area contributed by atoms with Gasteiger partial charge in [-0.1, -0.05) is 0 Å². The molecular formula is C6H7F3N2O4S. The number of nitriles is 1. The fourth-order valence-corrected chi connectivity index (χ4v) is 1.77. The quantitative estimate of drug-likeness (QED) is 0.737. The Morgan fingerprint density at radius 3 is 2.25 bits per heavy atom. The van der Waals surface area contributed by atoms with Crippen LogP contribution in [0.15, 0.2) is 0 Å². The van der Waals surface area contributed by atoms with Gasteiger partial charge < -0.3 is 5.11 Å². The molecule has 0 saturated carbocycles. The summed E-state index contributed by atoms with van der Waals surface area (Å²) < 4.78 is 57.7. The number of hydrogen-bond acceptors (Lipinski definition) is 4. The third-order valence-electron chi connectivity index (χ3n) is 1.31. The molecule has 0 rings (SSSR count). The molecule has 0 atom stereocenters. The Morgan fingerprint density at radius 2 is 1.94 bits per heavy atom. The molecule has 0 amide bonds. The van der Waals surface area contributed by atoms with Gasteiger partial charge >= 0.3 is 12.1 Å². The van der Waals surface area contributed by atoms with Crippen LogP contribution in [0.1, 0.15) is 0 Å². The molecule has 0 aromatic carbocycles. The van der Waals surface area contributed by atoms with E-state index in [1.807, 2.05) is 0 Å². The van der Waals surface area contributed by atoms with Gasteiger partial charge in [-0.05, 0) is 0 Å². The lowest BCUT2D eigenvalue weighted by Gasteiger charge is -2.19. The van der Waals surface area contributed by atoms with Crippen LogP contribution in [0, 0.1) is 11.3 Å². The van der Waals surface area contributed by atoms with E-state index in [-0.39, 0.29) is 4.31 Å². The molecule has 10 heteroatoms. The van der Waals surface area contributed by atoms with Crippen LogP contribution in [-0.4, -0.2) is 48.8 Å². The van der Waals surface area contributed by atoms with Crippen molar-refractivity contribution < 1.29 is 31.5 Å². The van der Waals surface area contributed by atoms with Crippen molar-refractivity contribution in [1.82, 2.24) is 4.31 Å². The molecule has 0 unspecified atom stereocenters. The van der Waals surface area contributed by atoms with Crippen molar-refractivity contribution in [2.24, 2.45) is 0 Å². The number of aliphatic carboxylic acids is 1. The normalized spacial score (nSPS) is 12.4. The van der Waals surface area contributed by atoms with Crippen molar-refractivity contribution in [2.45, 2.75) is 6.18 Å². The van der Waals surface area contributed by atoms with Gasteiger partial charge in [0.25, 0.3) is 0 Å². The maximum absolute atomic E-state index is 11.9. The largest absolute Gasteiger partial charge is 0.480 e. The SMILES string of the molecule is N#CCS(=O)(=O)N(CC(=O)O)CC(F)(F)F. The number of carbonyl (C=O) groups is 1. The molecule has 6 nitrogen and oxygen atoms in total. The molecule has 0 aromatic heterocycles. The average Bonchev–Trinajstić information content (AvgIpc) is 1.98. The number of halogens is 3. The molecule has 1 N–H and O–H groups in total. The second kappa shape index (κ2) is 5.13. The molecule has 0 aliphatic rings. The van der Waals surface area contributed by atoms with Crippen molar-refractivity contribution in [3.05, 3.63) is 0 Å². The van der Waals surface area contributed by atoms with Crippen LogP contribution < -0.4 is 0 Å². The Morgan fingerprint density at radius 1 is 1.44 bits per heavy atom. The zero-order valence-electron chi connectivity index (χ0n) is 7.73. The molecule has 0 radical (unpaired) electrons. The van der Waals surface area contributed by atoms with Crippen molar-refractivity contribution in [3.63, 3.8) is 0 Å². The molecule has 0 aliphatic heterocycles. The standard InChI is InChI=1S/C6H7F3N2O4S/c7-6(8,9)4-11(3-5(12)13)16(14,15)2-1-10/h2-4H2,(H,12,13). The number of carboxylic acids is 1. The fourth-order valence-electron chi connectivity index (χ4n) is 0.776. The first-order valence-electron chi connectivity index (χ1n) is 3.72. The van der Waals surface area contributed by atoms with E-state index >= 15 is 0 Å². The molecular weight excluding hydrogens is 253 g/mol. The van der Waals surface area contributed by atoms with E-state index in [9.17, 15) is 26.4 Å². The summed E-state index contributed by atoms with van der Waals surface area (Å²) in [5.74, 6) is -2.93. The van der Waals surface area contributed by atoms with Crippen LogP contribution in [0.3, 0.4) is 0 Å². The van der Waals surface area contributed by atoms with Gasteiger partial charge in [0, 0.05) is 0 Å². The van der Waals surface area contributed by atoms with Crippen LogP contribution in [-0.2, 0) is 14.8 Å². The zero-order valence-corrected chi connectivity index (χ0v) is 8.55. The summed E-state index contributed by atoms with van der Waals surface area (Å²) in [6, 6.07) is 1.16. The Balaban J connectivity index is 4.96. The van der Waals surface area contributed by atoms with E-state index < -0.39 is 41.0 Å². The molecule has 92 valence electrons. The topological polar surface area (TPSA) is 98.5 Å². The summed E-state index contributed by atoms with van der Waals surface area (Å²) in [5.41, 5.74) is 0. The minimum Gasteiger partial charge on any atom is -0.480 e. The number of hydrogen-bond donors (Lipinski definition) is 1. The van der Waals surface area contributed by atoms with Crippen LogP contribution in [0.5, 0.6) is 0 Å². The second-order valence-corrected chi connectivity index (χ2v) is 4.66. The van der Waals surface area contributed by atoms with E-state index in [0.29, 0.717) is 0 Å². The molecule has 16 heavy (non-hydrogen) atoms. The molecule has 0 bridgehead atoms. The van der Waals surface area contributed by atoms with Crippen molar-refractivity contribution in [1.29, 1.82) is 5.26 Å². The third-order valence-corrected chi connectivity index (χ3v) is 2.85. The van der Waals surface area contributed by atoms with E-state index in [0.717, 1.165) is 6.07 Å². The first-order valence-corrected chi connectivity index (χ1v) is 5.33. The van der Waals surface area contributed by atoms with E-state index in [1.165, 1.54) is 0 Å². The Kier molecular flexibility index (Phi) is 4.70. The smallest absolute Gasteiger partial charge is 0.402 e. The number of rotatable bonds is 5. The summed E-state index contributed by atoms with van der Waals surface area (Å²) in [6.07, 6.45) is -4.86. The molecule has 0 aromatic rings. The van der Waals surface area contributed by atoms with Gasteiger partial charge in [0.2, 0.25) is 10.0 Å². The lowest BCUT2D eigenvalue weighted by atomic mass is 10.6. The highest BCUT2D eigenvalue weighted by atomic mass is 32.2. The van der Waals surface area contributed by atoms with Gasteiger partial charge in [0.15, 0.2) is 5.75 Å². The summed E-state index contributed by atoms with van der Waals surface area (Å²) in [6.45, 7) is -3.26. The van der Waals surface area contributed by atoms with E-state index in [2.05, 4.69) is 0 Å². The van der Waals surface area contributed by atoms with Gasteiger partial charge in [-0.3, -0.25) is 4.79 Å². The summed E-state index contributed by atoms with van der Waals surface area (Å²) in [7, 11) is -4.53. The maximum Gasteiger partial charge on any atom is 0.402 e. The minimum atomic E-state index is -4.86. The molecule has 0 spiro atoms. The summed E-state index contributed by atoms with van der Waals surface area (Å²) in [5, 5.41) is 16.4. The highest BCUT2D eigenvalue weighted by Crippen LogP contribution is 2.18. The predicted octanol–water partition coefficient (Wildman–Crippen LogP) is -0.211. The highest BCUT2D eigenvalue weighted by Gasteiger charge is 2.37. The van der Waals surface area contributed by atoms with Crippen molar-refractivity contribution in [3.8, 4) is 6.07 Å². The number of nitrogens with zero attached hydrogens (tertiary/aromatic N) is 2. The van der Waals surface area contributed by atoms with Gasteiger partial charge in [0.1, 0.15) is 13.1 Å². The Hall–Kier alpha value is -1.34. The minimum absolute atomic E-state index is 0.293. The van der Waals surface area contributed by atoms with Crippen LogP contribution >= 0.6 is 0 Å². The zero-order chi connectivity index (χ0) is 13.0. The van der Waals surface area contributed by atoms with Crippen LogP contribution in [0.25, 0.3) is 0 Å². The van der Waals surface area contributed by atoms with Crippen molar-refractivity contribution in [2.75, 3.05) is 18.8 Å². The first kappa shape index (κ1) is 14.7. The average molecular weight is 260 g/mol. The number of alkyl halides is 3. The maximum atomic E-state index is 11.9. The molecule has 0 heterocycles. The Bertz CT molecular complexity index is 397. The first-order chi connectivity index (χ1) is 7.08. The summed E-state index contributed by atoms with van der Waals surface area (Å²) >= 11 is 0. The fraction of sp³-hybridized carbons (Fsp3) is 0.667. The van der Waals surface area contributed by atoms with Gasteiger partial charge in [-0.15, -0.1) is 0 Å². The van der Waals surface area contributed by atoms with Gasteiger partial charge in [-0.2, -0.15) is 22.7 Å². The van der Waals surface area contributed by atoms with E-state index in [4.69, 9.17) is 10.4 Å². The van der Waals surface area contributed by atoms with Gasteiger partial charge in [-0.25, -0.2) is 8.42 Å². The molecule has 0 fully saturated rings. The highest BCUT2D eigenvalue weighted by molar-refractivity contribution is 7.89. The molecule has 0 aliphatic carbocycles. The predicted molar refractivity (Wildman–Crippen MR) is 44.7 cm³/mol. The van der Waals surface area contributed by atoms with Gasteiger partial charge in [0.05, 0.1) is 6.07 Å². The third kappa shape index (κ3) is 5.52. The van der Waals surface area contributed by atoms with Crippen LogP contribution in [0.2, 0.25) is 0 Å². The monoisotopic (exact) mass is 260 g/mol. The Labute approximate surface area is 88.9 Å². The van der Waals surface area contributed by atoms with Crippen molar-refractivity contribution >= 4 is 16.0 Å². The lowest BCUT2D eigenvalue weighted by molar-refractivity contribution is -0.145. The number of sulfonamides is 1. The van der Waals surface area contributed by atoms with Crippen LogP contribution in [0.4, 0.5) is 13.2 Å². The lowest BCUT2D eigenvalue weighted by Crippen LogP contribution is -2.42. The van der Waals surface area contributed by atoms with E-state index in [1.54, 1.807) is 0 Å². The second-order valence-electron chi connectivity index (χ2n) is 2.69. The number of carboxylic acid groups (broad SMARTS) is 1.